The van der Waals surface area contributed by atoms with E-state index in [-0.39, 0.29) is 12.5 Å². The molecule has 0 unspecified atom stereocenters. The number of hydrogen-bond donors (Lipinski definition) is 1. The molecule has 0 saturated carbocycles. The van der Waals surface area contributed by atoms with Gasteiger partial charge in [0, 0.05) is 5.56 Å². The Hall–Kier alpha value is -3.14. The number of ether oxygens (including phenoxy) is 1. The number of nitrogens with one attached hydrogen (secondary N) is 1. The molecule has 4 nitrogen and oxygen atoms in total. The molecule has 1 N–H and O–H groups in total. The lowest BCUT2D eigenvalue weighted by Crippen LogP contribution is -2.16. The van der Waals surface area contributed by atoms with Crippen LogP contribution in [0.4, 0.5) is 5.69 Å². The normalized spacial score (nSPS) is 10.4. The first-order chi connectivity index (χ1) is 11.7. The zero-order chi connectivity index (χ0) is 16.9. The summed E-state index contributed by atoms with van der Waals surface area (Å²) in [4.78, 5) is 24.7. The van der Waals surface area contributed by atoms with E-state index in [0.29, 0.717) is 16.8 Å². The Labute approximate surface area is 140 Å². The number of carbonyl (C=O) groups is 2. The van der Waals surface area contributed by atoms with Gasteiger partial charge in [-0.25, -0.2) is 4.79 Å². The van der Waals surface area contributed by atoms with Crippen LogP contribution in [0.3, 0.4) is 0 Å². The fourth-order valence-corrected chi connectivity index (χ4v) is 2.59. The van der Waals surface area contributed by atoms with Crippen LogP contribution in [0.1, 0.15) is 27.6 Å². The molecular formula is C20H17NO3. The number of rotatable bonds is 4. The van der Waals surface area contributed by atoms with Crippen molar-refractivity contribution in [3.8, 4) is 0 Å². The smallest absolute Gasteiger partial charge is 0.340 e. The second kappa shape index (κ2) is 6.96. The Balaban J connectivity index is 1.94. The van der Waals surface area contributed by atoms with Crippen LogP contribution in [0.25, 0.3) is 10.8 Å². The Kier molecular flexibility index (Phi) is 4.57. The zero-order valence-electron chi connectivity index (χ0n) is 13.3. The van der Waals surface area contributed by atoms with E-state index in [1.807, 2.05) is 36.4 Å². The Morgan fingerprint density at radius 3 is 2.38 bits per heavy atom. The van der Waals surface area contributed by atoms with Crippen LogP contribution < -0.4 is 5.32 Å². The molecule has 0 atom stereocenters. The van der Waals surface area contributed by atoms with E-state index < -0.39 is 5.97 Å². The molecule has 0 aliphatic carbocycles. The van der Waals surface area contributed by atoms with Gasteiger partial charge in [-0.1, -0.05) is 48.5 Å². The molecule has 4 heteroatoms. The Morgan fingerprint density at radius 2 is 1.54 bits per heavy atom. The second-order valence-corrected chi connectivity index (χ2v) is 5.25. The molecular weight excluding hydrogens is 302 g/mol. The number of amides is 1. The predicted molar refractivity (Wildman–Crippen MR) is 94.3 cm³/mol. The molecule has 0 aliphatic rings. The van der Waals surface area contributed by atoms with Crippen LogP contribution in [-0.4, -0.2) is 18.5 Å². The highest BCUT2D eigenvalue weighted by Crippen LogP contribution is 2.22. The van der Waals surface area contributed by atoms with Gasteiger partial charge >= 0.3 is 5.97 Å². The van der Waals surface area contributed by atoms with Crippen molar-refractivity contribution >= 4 is 28.3 Å². The van der Waals surface area contributed by atoms with Crippen LogP contribution in [-0.2, 0) is 4.74 Å². The highest BCUT2D eigenvalue weighted by atomic mass is 16.5. The topological polar surface area (TPSA) is 55.4 Å². The summed E-state index contributed by atoms with van der Waals surface area (Å²) in [5.74, 6) is -0.713. The Morgan fingerprint density at radius 1 is 0.875 bits per heavy atom. The summed E-state index contributed by atoms with van der Waals surface area (Å²) in [6.07, 6.45) is 0. The highest BCUT2D eigenvalue weighted by Gasteiger charge is 2.16. The summed E-state index contributed by atoms with van der Waals surface area (Å²) in [7, 11) is 0. The van der Waals surface area contributed by atoms with Crippen molar-refractivity contribution in [3.05, 3.63) is 77.9 Å². The molecule has 0 saturated heterocycles. The first-order valence-corrected chi connectivity index (χ1v) is 7.76. The van der Waals surface area contributed by atoms with Crippen LogP contribution in [0.2, 0.25) is 0 Å². The third-order valence-corrected chi connectivity index (χ3v) is 3.70. The summed E-state index contributed by atoms with van der Waals surface area (Å²) in [5.41, 5.74) is 1.34. The minimum Gasteiger partial charge on any atom is -0.462 e. The van der Waals surface area contributed by atoms with Crippen molar-refractivity contribution < 1.29 is 14.3 Å². The van der Waals surface area contributed by atoms with E-state index >= 15 is 0 Å². The number of anilines is 1. The SMILES string of the molecule is CCOC(=O)c1ccccc1NC(=O)c1cccc2ccccc12. The number of para-hydroxylation sites is 1. The molecule has 3 aromatic carbocycles. The number of benzene rings is 3. The minimum atomic E-state index is -0.452. The first-order valence-electron chi connectivity index (χ1n) is 7.76. The maximum absolute atomic E-state index is 12.7. The number of carbonyl (C=O) groups excluding carboxylic acids is 2. The summed E-state index contributed by atoms with van der Waals surface area (Å²) >= 11 is 0. The predicted octanol–water partition coefficient (Wildman–Crippen LogP) is 4.27. The minimum absolute atomic E-state index is 0.261. The first kappa shape index (κ1) is 15.7. The summed E-state index contributed by atoms with van der Waals surface area (Å²) in [5, 5.41) is 4.67. The second-order valence-electron chi connectivity index (χ2n) is 5.25. The van der Waals surface area contributed by atoms with E-state index in [1.165, 1.54) is 0 Å². The van der Waals surface area contributed by atoms with Gasteiger partial charge in [-0.2, -0.15) is 0 Å². The molecule has 0 aliphatic heterocycles. The summed E-state index contributed by atoms with van der Waals surface area (Å²) in [6, 6.07) is 20.1. The molecule has 3 rings (SSSR count). The molecule has 24 heavy (non-hydrogen) atoms. The molecule has 0 bridgehead atoms. The molecule has 120 valence electrons. The summed E-state index contributed by atoms with van der Waals surface area (Å²) in [6.45, 7) is 2.03. The van der Waals surface area contributed by atoms with Gasteiger partial charge in [0.2, 0.25) is 0 Å². The van der Waals surface area contributed by atoms with Crippen molar-refractivity contribution in [2.75, 3.05) is 11.9 Å². The largest absolute Gasteiger partial charge is 0.462 e. The van der Waals surface area contributed by atoms with Crippen LogP contribution in [0.5, 0.6) is 0 Å². The molecule has 0 aromatic heterocycles. The van der Waals surface area contributed by atoms with Crippen molar-refractivity contribution in [2.24, 2.45) is 0 Å². The lowest BCUT2D eigenvalue weighted by atomic mass is 10.0. The van der Waals surface area contributed by atoms with E-state index in [9.17, 15) is 9.59 Å². The molecule has 0 spiro atoms. The zero-order valence-corrected chi connectivity index (χ0v) is 13.3. The maximum Gasteiger partial charge on any atom is 0.340 e. The lowest BCUT2D eigenvalue weighted by molar-refractivity contribution is 0.0527. The van der Waals surface area contributed by atoms with Gasteiger partial charge in [0.1, 0.15) is 0 Å². The lowest BCUT2D eigenvalue weighted by Gasteiger charge is -2.11. The quantitative estimate of drug-likeness (QED) is 0.731. The van der Waals surface area contributed by atoms with Gasteiger partial charge in [0.15, 0.2) is 0 Å². The fraction of sp³-hybridized carbons (Fsp3) is 0.100. The van der Waals surface area contributed by atoms with Gasteiger partial charge in [0.05, 0.1) is 17.9 Å². The van der Waals surface area contributed by atoms with E-state index in [0.717, 1.165) is 10.8 Å². The fourth-order valence-electron chi connectivity index (χ4n) is 2.59. The third kappa shape index (κ3) is 3.13. The molecule has 0 fully saturated rings. The van der Waals surface area contributed by atoms with Crippen molar-refractivity contribution in [3.63, 3.8) is 0 Å². The van der Waals surface area contributed by atoms with Crippen LogP contribution in [0.15, 0.2) is 66.7 Å². The van der Waals surface area contributed by atoms with Crippen LogP contribution in [0, 0.1) is 0 Å². The molecule has 0 radical (unpaired) electrons. The van der Waals surface area contributed by atoms with E-state index in [4.69, 9.17) is 4.74 Å². The van der Waals surface area contributed by atoms with Gasteiger partial charge in [0.25, 0.3) is 5.91 Å². The van der Waals surface area contributed by atoms with Crippen molar-refractivity contribution in [1.29, 1.82) is 0 Å². The summed E-state index contributed by atoms with van der Waals surface area (Å²) < 4.78 is 5.04. The standard InChI is InChI=1S/C20H17NO3/c1-2-24-20(23)17-11-5-6-13-18(17)21-19(22)16-12-7-9-14-8-3-4-10-15(14)16/h3-13H,2H2,1H3,(H,21,22). The third-order valence-electron chi connectivity index (χ3n) is 3.70. The molecule has 0 heterocycles. The number of hydrogen-bond acceptors (Lipinski definition) is 3. The van der Waals surface area contributed by atoms with E-state index in [2.05, 4.69) is 5.32 Å². The molecule has 3 aromatic rings. The maximum atomic E-state index is 12.7. The van der Waals surface area contributed by atoms with Gasteiger partial charge in [-0.05, 0) is 35.9 Å². The van der Waals surface area contributed by atoms with Gasteiger partial charge in [-0.15, -0.1) is 0 Å². The van der Waals surface area contributed by atoms with Gasteiger partial charge < -0.3 is 10.1 Å². The number of fused-ring (bicyclic) bond motifs is 1. The van der Waals surface area contributed by atoms with Crippen molar-refractivity contribution in [1.82, 2.24) is 0 Å². The number of esters is 1. The average Bonchev–Trinajstić information content (AvgIpc) is 2.62. The Bertz CT molecular complexity index is 897. The average molecular weight is 319 g/mol. The van der Waals surface area contributed by atoms with Crippen molar-refractivity contribution in [2.45, 2.75) is 6.92 Å². The van der Waals surface area contributed by atoms with Gasteiger partial charge in [-0.3, -0.25) is 4.79 Å². The molecule has 1 amide bonds. The monoisotopic (exact) mass is 319 g/mol. The van der Waals surface area contributed by atoms with Crippen LogP contribution >= 0.6 is 0 Å². The van der Waals surface area contributed by atoms with E-state index in [1.54, 1.807) is 37.3 Å². The highest BCUT2D eigenvalue weighted by molar-refractivity contribution is 6.14.